The number of anilines is 1. The molecule has 1 aromatic carbocycles. The number of amides is 1. The standard InChI is InChI=1S/C15H17N3O3/c1-10(15(20)21-3)18-9-8-16-14(18)12-4-6-13(7-5-12)17-11(2)19/h4-10H,1-3H3,(H,17,19). The van der Waals surface area contributed by atoms with Gasteiger partial charge in [0.2, 0.25) is 5.91 Å². The van der Waals surface area contributed by atoms with E-state index in [1.807, 2.05) is 12.1 Å². The van der Waals surface area contributed by atoms with Gasteiger partial charge in [-0.25, -0.2) is 9.78 Å². The van der Waals surface area contributed by atoms with E-state index in [-0.39, 0.29) is 11.9 Å². The van der Waals surface area contributed by atoms with Gasteiger partial charge < -0.3 is 14.6 Å². The Hall–Kier alpha value is -2.63. The van der Waals surface area contributed by atoms with Crippen LogP contribution in [-0.2, 0) is 14.3 Å². The quantitative estimate of drug-likeness (QED) is 0.875. The Balaban J connectivity index is 2.29. The normalized spacial score (nSPS) is 11.8. The van der Waals surface area contributed by atoms with Gasteiger partial charge >= 0.3 is 5.97 Å². The predicted octanol–water partition coefficient (Wildman–Crippen LogP) is 2.24. The number of rotatable bonds is 4. The highest BCUT2D eigenvalue weighted by Gasteiger charge is 2.18. The van der Waals surface area contributed by atoms with Crippen LogP contribution in [-0.4, -0.2) is 28.5 Å². The first-order chi connectivity index (χ1) is 10.0. The van der Waals surface area contributed by atoms with Crippen molar-refractivity contribution in [2.24, 2.45) is 0 Å². The number of nitrogens with one attached hydrogen (secondary N) is 1. The van der Waals surface area contributed by atoms with Crippen molar-refractivity contribution in [3.8, 4) is 11.4 Å². The van der Waals surface area contributed by atoms with Gasteiger partial charge in [-0.2, -0.15) is 0 Å². The second-order valence-corrected chi connectivity index (χ2v) is 4.62. The maximum atomic E-state index is 11.7. The van der Waals surface area contributed by atoms with Crippen molar-refractivity contribution in [3.05, 3.63) is 36.7 Å². The molecule has 1 heterocycles. The number of carbonyl (C=O) groups is 2. The topological polar surface area (TPSA) is 73.2 Å². The molecule has 1 amide bonds. The monoisotopic (exact) mass is 287 g/mol. The fourth-order valence-corrected chi connectivity index (χ4v) is 2.04. The summed E-state index contributed by atoms with van der Waals surface area (Å²) in [6, 6.07) is 6.81. The van der Waals surface area contributed by atoms with E-state index in [9.17, 15) is 9.59 Å². The highest BCUT2D eigenvalue weighted by molar-refractivity contribution is 5.88. The minimum Gasteiger partial charge on any atom is -0.467 e. The van der Waals surface area contributed by atoms with Gasteiger partial charge in [-0.15, -0.1) is 0 Å². The molecular weight excluding hydrogens is 270 g/mol. The largest absolute Gasteiger partial charge is 0.467 e. The first-order valence-electron chi connectivity index (χ1n) is 6.51. The average Bonchev–Trinajstić information content (AvgIpc) is 2.95. The third-order valence-electron chi connectivity index (χ3n) is 3.09. The van der Waals surface area contributed by atoms with E-state index in [0.717, 1.165) is 5.56 Å². The molecule has 0 aliphatic heterocycles. The molecular formula is C15H17N3O3. The van der Waals surface area contributed by atoms with Crippen LogP contribution in [0, 0.1) is 0 Å². The van der Waals surface area contributed by atoms with Crippen LogP contribution in [0.15, 0.2) is 36.7 Å². The van der Waals surface area contributed by atoms with Crippen molar-refractivity contribution < 1.29 is 14.3 Å². The molecule has 2 rings (SSSR count). The molecule has 1 unspecified atom stereocenters. The molecule has 2 aromatic rings. The van der Waals surface area contributed by atoms with Gasteiger partial charge in [0.05, 0.1) is 7.11 Å². The van der Waals surface area contributed by atoms with Crippen LogP contribution in [0.1, 0.15) is 19.9 Å². The molecule has 1 N–H and O–H groups in total. The van der Waals surface area contributed by atoms with E-state index in [2.05, 4.69) is 10.3 Å². The summed E-state index contributed by atoms with van der Waals surface area (Å²) in [5.41, 5.74) is 1.57. The Kier molecular flexibility index (Phi) is 4.37. The summed E-state index contributed by atoms with van der Waals surface area (Å²) in [7, 11) is 1.36. The zero-order valence-corrected chi connectivity index (χ0v) is 12.2. The van der Waals surface area contributed by atoms with Gasteiger partial charge in [0, 0.05) is 30.6 Å². The first kappa shape index (κ1) is 14.8. The molecule has 0 saturated carbocycles. The number of benzene rings is 1. The highest BCUT2D eigenvalue weighted by atomic mass is 16.5. The van der Waals surface area contributed by atoms with Gasteiger partial charge in [0.25, 0.3) is 0 Å². The number of methoxy groups -OCH3 is 1. The van der Waals surface area contributed by atoms with Gasteiger partial charge in [0.15, 0.2) is 0 Å². The maximum Gasteiger partial charge on any atom is 0.328 e. The van der Waals surface area contributed by atoms with E-state index in [1.165, 1.54) is 14.0 Å². The fraction of sp³-hybridized carbons (Fsp3) is 0.267. The van der Waals surface area contributed by atoms with Gasteiger partial charge in [-0.1, -0.05) is 0 Å². The average molecular weight is 287 g/mol. The molecule has 6 heteroatoms. The zero-order chi connectivity index (χ0) is 15.4. The molecule has 0 spiro atoms. The van der Waals surface area contributed by atoms with Gasteiger partial charge in [-0.3, -0.25) is 4.79 Å². The number of carbonyl (C=O) groups excluding carboxylic acids is 2. The number of hydrogen-bond acceptors (Lipinski definition) is 4. The van der Waals surface area contributed by atoms with Crippen molar-refractivity contribution in [1.29, 1.82) is 0 Å². The van der Waals surface area contributed by atoms with Gasteiger partial charge in [-0.05, 0) is 31.2 Å². The molecule has 6 nitrogen and oxygen atoms in total. The molecule has 1 aromatic heterocycles. The fourth-order valence-electron chi connectivity index (χ4n) is 2.04. The van der Waals surface area contributed by atoms with Gasteiger partial charge in [0.1, 0.15) is 11.9 Å². The zero-order valence-electron chi connectivity index (χ0n) is 12.2. The van der Waals surface area contributed by atoms with E-state index in [4.69, 9.17) is 4.74 Å². The number of ether oxygens (including phenoxy) is 1. The van der Waals surface area contributed by atoms with Crippen LogP contribution in [0.25, 0.3) is 11.4 Å². The Morgan fingerprint density at radius 3 is 2.52 bits per heavy atom. The number of esters is 1. The third kappa shape index (κ3) is 3.28. The molecule has 110 valence electrons. The Morgan fingerprint density at radius 2 is 1.95 bits per heavy atom. The lowest BCUT2D eigenvalue weighted by Crippen LogP contribution is -2.18. The summed E-state index contributed by atoms with van der Waals surface area (Å²) in [6.07, 6.45) is 3.37. The lowest BCUT2D eigenvalue weighted by atomic mass is 10.2. The van der Waals surface area contributed by atoms with Crippen LogP contribution in [0.3, 0.4) is 0 Å². The maximum absolute atomic E-state index is 11.7. The van der Waals surface area contributed by atoms with Crippen LogP contribution >= 0.6 is 0 Å². The molecule has 0 radical (unpaired) electrons. The Morgan fingerprint density at radius 1 is 1.29 bits per heavy atom. The summed E-state index contributed by atoms with van der Waals surface area (Å²) in [4.78, 5) is 26.9. The molecule has 0 aliphatic carbocycles. The van der Waals surface area contributed by atoms with E-state index < -0.39 is 6.04 Å². The highest BCUT2D eigenvalue weighted by Crippen LogP contribution is 2.23. The van der Waals surface area contributed by atoms with E-state index in [1.54, 1.807) is 36.0 Å². The second-order valence-electron chi connectivity index (χ2n) is 4.62. The summed E-state index contributed by atoms with van der Waals surface area (Å²) in [6.45, 7) is 3.21. The molecule has 0 aliphatic rings. The number of hydrogen-bond donors (Lipinski definition) is 1. The summed E-state index contributed by atoms with van der Waals surface area (Å²) in [5.74, 6) is 0.218. The lowest BCUT2D eigenvalue weighted by Gasteiger charge is -2.14. The lowest BCUT2D eigenvalue weighted by molar-refractivity contribution is -0.144. The second kappa shape index (κ2) is 6.21. The summed E-state index contributed by atoms with van der Waals surface area (Å²) in [5, 5.41) is 2.70. The van der Waals surface area contributed by atoms with E-state index in [0.29, 0.717) is 11.5 Å². The molecule has 0 bridgehead atoms. The molecule has 1 atom stereocenters. The van der Waals surface area contributed by atoms with Crippen LogP contribution in [0.2, 0.25) is 0 Å². The smallest absolute Gasteiger partial charge is 0.328 e. The number of nitrogens with zero attached hydrogens (tertiary/aromatic N) is 2. The molecule has 0 saturated heterocycles. The predicted molar refractivity (Wildman–Crippen MR) is 78.7 cm³/mol. The van der Waals surface area contributed by atoms with Crippen molar-refractivity contribution in [2.75, 3.05) is 12.4 Å². The minimum absolute atomic E-state index is 0.122. The number of imidazole rings is 1. The van der Waals surface area contributed by atoms with Crippen molar-refractivity contribution in [3.63, 3.8) is 0 Å². The Bertz CT molecular complexity index is 646. The summed E-state index contributed by atoms with van der Waals surface area (Å²) < 4.78 is 6.50. The first-order valence-corrected chi connectivity index (χ1v) is 6.51. The SMILES string of the molecule is COC(=O)C(C)n1ccnc1-c1ccc(NC(C)=O)cc1. The van der Waals surface area contributed by atoms with E-state index >= 15 is 0 Å². The summed E-state index contributed by atoms with van der Waals surface area (Å²) >= 11 is 0. The molecule has 21 heavy (non-hydrogen) atoms. The van der Waals surface area contributed by atoms with Crippen molar-refractivity contribution >= 4 is 17.6 Å². The van der Waals surface area contributed by atoms with Crippen molar-refractivity contribution in [1.82, 2.24) is 9.55 Å². The third-order valence-corrected chi connectivity index (χ3v) is 3.09. The Labute approximate surface area is 122 Å². The van der Waals surface area contributed by atoms with Crippen molar-refractivity contribution in [2.45, 2.75) is 19.9 Å². The number of aromatic nitrogens is 2. The molecule has 0 fully saturated rings. The van der Waals surface area contributed by atoms with Crippen LogP contribution in [0.4, 0.5) is 5.69 Å². The van der Waals surface area contributed by atoms with Crippen LogP contribution in [0.5, 0.6) is 0 Å². The minimum atomic E-state index is -0.456. The van der Waals surface area contributed by atoms with Crippen LogP contribution < -0.4 is 5.32 Å².